The van der Waals surface area contributed by atoms with Crippen molar-refractivity contribution in [2.75, 3.05) is 19.6 Å². The van der Waals surface area contributed by atoms with Gasteiger partial charge < -0.3 is 10.2 Å². The number of hydrogen-bond acceptors (Lipinski definition) is 4. The molecule has 112 valence electrons. The van der Waals surface area contributed by atoms with Gasteiger partial charge in [0.25, 0.3) is 5.91 Å². The maximum absolute atomic E-state index is 12.5. The number of carbonyl (C=O) groups excluding carboxylic acids is 1. The molecule has 0 radical (unpaired) electrons. The molecular formula is C14H25N5O. The second kappa shape index (κ2) is 6.83. The summed E-state index contributed by atoms with van der Waals surface area (Å²) in [6.45, 7) is 8.69. The highest BCUT2D eigenvalue weighted by atomic mass is 16.2. The number of nitrogens with zero attached hydrogens (tertiary/aromatic N) is 3. The maximum atomic E-state index is 12.5. The van der Waals surface area contributed by atoms with Gasteiger partial charge in [0.15, 0.2) is 0 Å². The smallest absolute Gasteiger partial charge is 0.293 e. The number of hydrogen-bond donors (Lipinski definition) is 2. The normalized spacial score (nSPS) is 18.7. The summed E-state index contributed by atoms with van der Waals surface area (Å²) in [5.74, 6) is 1.24. The zero-order chi connectivity index (χ0) is 14.5. The van der Waals surface area contributed by atoms with E-state index in [0.717, 1.165) is 38.3 Å². The monoisotopic (exact) mass is 279 g/mol. The van der Waals surface area contributed by atoms with Crippen LogP contribution in [0.5, 0.6) is 0 Å². The minimum atomic E-state index is -0.0660. The van der Waals surface area contributed by atoms with E-state index in [1.165, 1.54) is 6.42 Å². The lowest BCUT2D eigenvalue weighted by Gasteiger charge is -2.24. The summed E-state index contributed by atoms with van der Waals surface area (Å²) < 4.78 is 0. The van der Waals surface area contributed by atoms with Crippen LogP contribution in [0.4, 0.5) is 0 Å². The zero-order valence-corrected chi connectivity index (χ0v) is 12.6. The number of aromatic nitrogens is 3. The van der Waals surface area contributed by atoms with Gasteiger partial charge in [-0.3, -0.25) is 9.89 Å². The molecule has 2 N–H and O–H groups in total. The highest BCUT2D eigenvalue weighted by Crippen LogP contribution is 2.12. The minimum Gasteiger partial charge on any atom is -0.334 e. The fourth-order valence-electron chi connectivity index (χ4n) is 2.49. The van der Waals surface area contributed by atoms with Crippen LogP contribution in [-0.4, -0.2) is 51.7 Å². The Morgan fingerprint density at radius 3 is 2.85 bits per heavy atom. The molecule has 1 unspecified atom stereocenters. The number of aromatic amines is 1. The molecule has 1 atom stereocenters. The van der Waals surface area contributed by atoms with Gasteiger partial charge in [0.1, 0.15) is 5.82 Å². The first-order valence-corrected chi connectivity index (χ1v) is 7.56. The van der Waals surface area contributed by atoms with Crippen molar-refractivity contribution in [1.82, 2.24) is 25.4 Å². The van der Waals surface area contributed by atoms with Crippen molar-refractivity contribution >= 4 is 5.91 Å². The summed E-state index contributed by atoms with van der Waals surface area (Å²) in [5, 5.41) is 10.4. The first-order valence-electron chi connectivity index (χ1n) is 7.56. The van der Waals surface area contributed by atoms with E-state index in [1.807, 2.05) is 18.7 Å². The average molecular weight is 279 g/mol. The van der Waals surface area contributed by atoms with E-state index >= 15 is 0 Å². The molecule has 0 aromatic carbocycles. The topological polar surface area (TPSA) is 73.9 Å². The Kier molecular flexibility index (Phi) is 5.11. The molecule has 1 fully saturated rings. The fraction of sp³-hybridized carbons (Fsp3) is 0.786. The van der Waals surface area contributed by atoms with E-state index in [2.05, 4.69) is 27.4 Å². The van der Waals surface area contributed by atoms with Gasteiger partial charge >= 0.3 is 0 Å². The minimum absolute atomic E-state index is 0.0660. The summed E-state index contributed by atoms with van der Waals surface area (Å²) in [6, 6.07) is 0.411. The lowest BCUT2D eigenvalue weighted by Crippen LogP contribution is -2.41. The summed E-state index contributed by atoms with van der Waals surface area (Å²) in [5.41, 5.74) is 0. The van der Waals surface area contributed by atoms with E-state index in [4.69, 9.17) is 0 Å². The number of nitrogens with one attached hydrogen (secondary N) is 2. The van der Waals surface area contributed by atoms with Gasteiger partial charge in [-0.2, -0.15) is 0 Å². The van der Waals surface area contributed by atoms with Gasteiger partial charge in [0.05, 0.1) is 0 Å². The number of H-pyrrole nitrogens is 1. The van der Waals surface area contributed by atoms with E-state index < -0.39 is 0 Å². The summed E-state index contributed by atoms with van der Waals surface area (Å²) >= 11 is 0. The Labute approximate surface area is 120 Å². The number of amides is 1. The van der Waals surface area contributed by atoms with Crippen LogP contribution in [0.25, 0.3) is 0 Å². The molecule has 2 heterocycles. The van der Waals surface area contributed by atoms with Gasteiger partial charge in [-0.25, -0.2) is 4.98 Å². The highest BCUT2D eigenvalue weighted by molar-refractivity contribution is 5.90. The van der Waals surface area contributed by atoms with Crippen LogP contribution in [0, 0.1) is 0 Å². The third kappa shape index (κ3) is 3.56. The van der Waals surface area contributed by atoms with Gasteiger partial charge in [-0.05, 0) is 25.8 Å². The Morgan fingerprint density at radius 2 is 2.30 bits per heavy atom. The van der Waals surface area contributed by atoms with Crippen LogP contribution in [0.2, 0.25) is 0 Å². The SMILES string of the molecule is CCCN(CC1CCCN1)C(=O)c1n[nH]c(C(C)C)n1. The third-order valence-electron chi connectivity index (χ3n) is 3.62. The van der Waals surface area contributed by atoms with Crippen LogP contribution in [0.1, 0.15) is 62.4 Å². The standard InChI is InChI=1S/C14H25N5O/c1-4-8-19(9-11-6-5-7-15-11)14(20)13-16-12(10(2)3)17-18-13/h10-11,15H,4-9H2,1-3H3,(H,16,17,18). The Balaban J connectivity index is 2.04. The van der Waals surface area contributed by atoms with Gasteiger partial charge in [-0.1, -0.05) is 20.8 Å². The molecule has 1 aliphatic heterocycles. The lowest BCUT2D eigenvalue weighted by atomic mass is 10.2. The first kappa shape index (κ1) is 15.0. The largest absolute Gasteiger partial charge is 0.334 e. The second-order valence-corrected chi connectivity index (χ2v) is 5.74. The summed E-state index contributed by atoms with van der Waals surface area (Å²) in [6.07, 6.45) is 3.27. The fourth-order valence-corrected chi connectivity index (χ4v) is 2.49. The van der Waals surface area contributed by atoms with Crippen molar-refractivity contribution in [3.63, 3.8) is 0 Å². The van der Waals surface area contributed by atoms with Crippen LogP contribution < -0.4 is 5.32 Å². The molecule has 0 aliphatic carbocycles. The van der Waals surface area contributed by atoms with Crippen molar-refractivity contribution in [2.24, 2.45) is 0 Å². The molecule has 6 heteroatoms. The van der Waals surface area contributed by atoms with Crippen LogP contribution in [0.15, 0.2) is 0 Å². The number of rotatable bonds is 6. The molecule has 1 saturated heterocycles. The van der Waals surface area contributed by atoms with E-state index in [9.17, 15) is 4.79 Å². The molecule has 20 heavy (non-hydrogen) atoms. The molecule has 0 saturated carbocycles. The Bertz CT molecular complexity index is 437. The van der Waals surface area contributed by atoms with Crippen molar-refractivity contribution < 1.29 is 4.79 Å². The summed E-state index contributed by atoms with van der Waals surface area (Å²) in [7, 11) is 0. The maximum Gasteiger partial charge on any atom is 0.293 e. The van der Waals surface area contributed by atoms with Gasteiger partial charge in [0, 0.05) is 25.0 Å². The molecule has 1 amide bonds. The van der Waals surface area contributed by atoms with Gasteiger partial charge in [-0.15, -0.1) is 5.10 Å². The van der Waals surface area contributed by atoms with E-state index in [1.54, 1.807) is 0 Å². The summed E-state index contributed by atoms with van der Waals surface area (Å²) in [4.78, 5) is 18.7. The molecule has 2 rings (SSSR count). The second-order valence-electron chi connectivity index (χ2n) is 5.74. The van der Waals surface area contributed by atoms with Crippen LogP contribution in [0.3, 0.4) is 0 Å². The van der Waals surface area contributed by atoms with Crippen molar-refractivity contribution in [3.8, 4) is 0 Å². The Hall–Kier alpha value is -1.43. The molecule has 0 spiro atoms. The number of carbonyl (C=O) groups is 1. The highest BCUT2D eigenvalue weighted by Gasteiger charge is 2.24. The molecule has 1 aliphatic rings. The third-order valence-corrected chi connectivity index (χ3v) is 3.62. The van der Waals surface area contributed by atoms with Crippen molar-refractivity contribution in [1.29, 1.82) is 0 Å². The molecule has 1 aromatic heterocycles. The van der Waals surface area contributed by atoms with E-state index in [0.29, 0.717) is 11.9 Å². The quantitative estimate of drug-likeness (QED) is 0.828. The predicted molar refractivity (Wildman–Crippen MR) is 77.7 cm³/mol. The van der Waals surface area contributed by atoms with Crippen LogP contribution >= 0.6 is 0 Å². The molecule has 0 bridgehead atoms. The predicted octanol–water partition coefficient (Wildman–Crippen LogP) is 1.53. The van der Waals surface area contributed by atoms with Gasteiger partial charge in [0.2, 0.25) is 5.82 Å². The van der Waals surface area contributed by atoms with Crippen molar-refractivity contribution in [3.05, 3.63) is 11.6 Å². The Morgan fingerprint density at radius 1 is 1.50 bits per heavy atom. The average Bonchev–Trinajstić information content (AvgIpc) is 3.08. The van der Waals surface area contributed by atoms with E-state index in [-0.39, 0.29) is 11.8 Å². The first-order chi connectivity index (χ1) is 9.61. The van der Waals surface area contributed by atoms with Crippen LogP contribution in [-0.2, 0) is 0 Å². The lowest BCUT2D eigenvalue weighted by molar-refractivity contribution is 0.0730. The molecule has 6 nitrogen and oxygen atoms in total. The molecular weight excluding hydrogens is 254 g/mol. The zero-order valence-electron chi connectivity index (χ0n) is 12.6. The molecule has 1 aromatic rings. The van der Waals surface area contributed by atoms with Crippen molar-refractivity contribution in [2.45, 2.75) is 52.0 Å².